The van der Waals surface area contributed by atoms with Gasteiger partial charge in [-0.2, -0.15) is 0 Å². The molecule has 0 saturated heterocycles. The molecule has 0 heterocycles. The minimum absolute atomic E-state index is 0.0808. The molecule has 0 fully saturated rings. The zero-order chi connectivity index (χ0) is 27.6. The van der Waals surface area contributed by atoms with Gasteiger partial charge in [0.15, 0.2) is 0 Å². The van der Waals surface area contributed by atoms with Crippen molar-refractivity contribution in [3.8, 4) is 44.5 Å². The molecule has 0 heteroatoms. The maximum Gasteiger partial charge on any atom is 0.0159 e. The van der Waals surface area contributed by atoms with E-state index < -0.39 is 0 Å². The summed E-state index contributed by atoms with van der Waals surface area (Å²) in [7, 11) is 0. The van der Waals surface area contributed by atoms with Crippen LogP contribution < -0.4 is 0 Å². The van der Waals surface area contributed by atoms with Crippen molar-refractivity contribution in [2.24, 2.45) is 0 Å². The minimum Gasteiger partial charge on any atom is -0.0622 e. The van der Waals surface area contributed by atoms with E-state index in [1.165, 1.54) is 77.2 Å². The van der Waals surface area contributed by atoms with Crippen molar-refractivity contribution in [2.75, 3.05) is 0 Å². The summed E-state index contributed by atoms with van der Waals surface area (Å²) in [5.74, 6) is 0. The number of hydrogen-bond acceptors (Lipinski definition) is 0. The molecule has 0 aromatic heterocycles. The van der Waals surface area contributed by atoms with E-state index in [2.05, 4.69) is 159 Å². The van der Waals surface area contributed by atoms with Crippen LogP contribution in [0.5, 0.6) is 0 Å². The van der Waals surface area contributed by atoms with Crippen molar-refractivity contribution in [1.29, 1.82) is 0 Å². The smallest absolute Gasteiger partial charge is 0.0159 e. The van der Waals surface area contributed by atoms with Crippen molar-refractivity contribution in [3.63, 3.8) is 0 Å². The highest BCUT2D eigenvalue weighted by Crippen LogP contribution is 2.53. The summed E-state index contributed by atoms with van der Waals surface area (Å²) < 4.78 is 0. The van der Waals surface area contributed by atoms with Crippen LogP contribution in [0.1, 0.15) is 25.0 Å². The standard InChI is InChI=1S/C41H30/c1-41(2)36-23-9-8-21-34(36)39-33-20-7-6-19-32(33)38(35-22-12-24-37(41)40(35)39)31-18-11-17-30(26-31)29-16-10-15-28(25-29)27-13-4-3-5-14-27/h3-26H,1-2H3. The second-order valence-electron chi connectivity index (χ2n) is 11.7. The molecule has 41 heavy (non-hydrogen) atoms. The Hall–Kier alpha value is -4.94. The normalized spacial score (nSPS) is 13.3. The third-order valence-electron chi connectivity index (χ3n) is 9.05. The number of hydrogen-bond donors (Lipinski definition) is 0. The molecular weight excluding hydrogens is 492 g/mol. The molecule has 0 N–H and O–H groups in total. The van der Waals surface area contributed by atoms with Gasteiger partial charge in [0.05, 0.1) is 0 Å². The second-order valence-corrected chi connectivity index (χ2v) is 11.7. The summed E-state index contributed by atoms with van der Waals surface area (Å²) in [6.07, 6.45) is 0. The highest BCUT2D eigenvalue weighted by atomic mass is 14.4. The first-order valence-electron chi connectivity index (χ1n) is 14.5. The van der Waals surface area contributed by atoms with Gasteiger partial charge in [0.2, 0.25) is 0 Å². The predicted molar refractivity (Wildman–Crippen MR) is 175 cm³/mol. The molecule has 0 unspecified atom stereocenters. The van der Waals surface area contributed by atoms with Crippen molar-refractivity contribution < 1.29 is 0 Å². The fraction of sp³-hybridized carbons (Fsp3) is 0.0732. The van der Waals surface area contributed by atoms with Crippen LogP contribution in [0.25, 0.3) is 66.1 Å². The Labute approximate surface area is 241 Å². The molecule has 0 aliphatic heterocycles. The molecule has 0 bridgehead atoms. The minimum atomic E-state index is -0.0808. The third kappa shape index (κ3) is 3.61. The molecule has 7 aromatic carbocycles. The summed E-state index contributed by atoms with van der Waals surface area (Å²) >= 11 is 0. The first-order chi connectivity index (χ1) is 20.1. The van der Waals surface area contributed by atoms with E-state index in [0.29, 0.717) is 0 Å². The lowest BCUT2D eigenvalue weighted by atomic mass is 9.67. The molecular formula is C41H30. The van der Waals surface area contributed by atoms with E-state index >= 15 is 0 Å². The summed E-state index contributed by atoms with van der Waals surface area (Å²) in [6, 6.07) is 53.5. The lowest BCUT2D eigenvalue weighted by molar-refractivity contribution is 0.645. The topological polar surface area (TPSA) is 0 Å². The monoisotopic (exact) mass is 522 g/mol. The summed E-state index contributed by atoms with van der Waals surface area (Å²) in [6.45, 7) is 4.75. The predicted octanol–water partition coefficient (Wildman–Crippen LogP) is 11.3. The van der Waals surface area contributed by atoms with Gasteiger partial charge in [0, 0.05) is 5.41 Å². The average Bonchev–Trinajstić information content (AvgIpc) is 3.03. The molecule has 8 rings (SSSR count). The molecule has 0 atom stereocenters. The van der Waals surface area contributed by atoms with E-state index in [1.54, 1.807) is 0 Å². The van der Waals surface area contributed by atoms with Crippen molar-refractivity contribution in [1.82, 2.24) is 0 Å². The largest absolute Gasteiger partial charge is 0.0622 e. The molecule has 1 aliphatic rings. The van der Waals surface area contributed by atoms with Gasteiger partial charge in [-0.3, -0.25) is 0 Å². The maximum absolute atomic E-state index is 2.38. The van der Waals surface area contributed by atoms with Gasteiger partial charge in [-0.15, -0.1) is 0 Å². The van der Waals surface area contributed by atoms with E-state index in [0.717, 1.165) is 0 Å². The van der Waals surface area contributed by atoms with Crippen LogP contribution in [0.2, 0.25) is 0 Å². The van der Waals surface area contributed by atoms with E-state index in [-0.39, 0.29) is 5.41 Å². The molecule has 7 aromatic rings. The first kappa shape index (κ1) is 23.9. The van der Waals surface area contributed by atoms with Gasteiger partial charge in [-0.25, -0.2) is 0 Å². The Balaban J connectivity index is 1.41. The van der Waals surface area contributed by atoms with Crippen LogP contribution in [0, 0.1) is 0 Å². The first-order valence-corrected chi connectivity index (χ1v) is 14.5. The highest BCUT2D eigenvalue weighted by molar-refractivity contribution is 6.23. The lowest BCUT2D eigenvalue weighted by Gasteiger charge is -2.36. The fourth-order valence-corrected chi connectivity index (χ4v) is 7.09. The van der Waals surface area contributed by atoms with Crippen LogP contribution in [0.4, 0.5) is 0 Å². The van der Waals surface area contributed by atoms with Gasteiger partial charge in [0.1, 0.15) is 0 Å². The zero-order valence-corrected chi connectivity index (χ0v) is 23.4. The van der Waals surface area contributed by atoms with Crippen LogP contribution in [-0.4, -0.2) is 0 Å². The SMILES string of the molecule is CC1(C)c2ccccc2-c2c3ccccc3c(-c3cccc(-c4cccc(-c5ccccc5)c4)c3)c3cccc1c23. The Kier molecular flexibility index (Phi) is 5.27. The van der Waals surface area contributed by atoms with Gasteiger partial charge >= 0.3 is 0 Å². The van der Waals surface area contributed by atoms with Gasteiger partial charge < -0.3 is 0 Å². The van der Waals surface area contributed by atoms with Gasteiger partial charge in [-0.1, -0.05) is 147 Å². The summed E-state index contributed by atoms with van der Waals surface area (Å²) in [5.41, 5.74) is 13.0. The lowest BCUT2D eigenvalue weighted by Crippen LogP contribution is -2.23. The second kappa shape index (κ2) is 9.04. The van der Waals surface area contributed by atoms with Gasteiger partial charge in [-0.05, 0) is 89.3 Å². The number of rotatable bonds is 3. The van der Waals surface area contributed by atoms with Crippen molar-refractivity contribution in [3.05, 3.63) is 157 Å². The van der Waals surface area contributed by atoms with Crippen molar-refractivity contribution >= 4 is 21.5 Å². The van der Waals surface area contributed by atoms with E-state index in [4.69, 9.17) is 0 Å². The van der Waals surface area contributed by atoms with Crippen LogP contribution in [0.3, 0.4) is 0 Å². The molecule has 194 valence electrons. The van der Waals surface area contributed by atoms with Crippen molar-refractivity contribution in [2.45, 2.75) is 19.3 Å². The maximum atomic E-state index is 2.38. The van der Waals surface area contributed by atoms with Crippen LogP contribution in [0.15, 0.2) is 146 Å². The summed E-state index contributed by atoms with van der Waals surface area (Å²) in [5, 5.41) is 5.34. The molecule has 0 spiro atoms. The van der Waals surface area contributed by atoms with Crippen LogP contribution >= 0.6 is 0 Å². The molecule has 1 aliphatic carbocycles. The average molecular weight is 523 g/mol. The molecule has 0 saturated carbocycles. The molecule has 0 nitrogen and oxygen atoms in total. The summed E-state index contributed by atoms with van der Waals surface area (Å²) in [4.78, 5) is 0. The molecule has 0 radical (unpaired) electrons. The fourth-order valence-electron chi connectivity index (χ4n) is 7.09. The molecule has 0 amide bonds. The Bertz CT molecular complexity index is 2110. The Morgan fingerprint density at radius 3 is 1.61 bits per heavy atom. The quantitative estimate of drug-likeness (QED) is 0.202. The number of benzene rings is 7. The number of fused-ring (bicyclic) bond motifs is 4. The van der Waals surface area contributed by atoms with Gasteiger partial charge in [0.25, 0.3) is 0 Å². The highest BCUT2D eigenvalue weighted by Gasteiger charge is 2.34. The van der Waals surface area contributed by atoms with Crippen LogP contribution in [-0.2, 0) is 5.41 Å². The van der Waals surface area contributed by atoms with E-state index in [9.17, 15) is 0 Å². The third-order valence-corrected chi connectivity index (χ3v) is 9.05. The Morgan fingerprint density at radius 2 is 0.854 bits per heavy atom. The van der Waals surface area contributed by atoms with E-state index in [1.807, 2.05) is 0 Å². The Morgan fingerprint density at radius 1 is 0.366 bits per heavy atom. The zero-order valence-electron chi connectivity index (χ0n) is 23.4.